The first-order valence-electron chi connectivity index (χ1n) is 6.92. The van der Waals surface area contributed by atoms with E-state index in [2.05, 4.69) is 16.5 Å². The van der Waals surface area contributed by atoms with E-state index in [4.69, 9.17) is 9.84 Å². The highest BCUT2D eigenvalue weighted by atomic mass is 16.6. The van der Waals surface area contributed by atoms with E-state index in [-0.39, 0.29) is 17.7 Å². The summed E-state index contributed by atoms with van der Waals surface area (Å²) in [7, 11) is 0. The molecule has 4 unspecified atom stereocenters. The Balaban J connectivity index is 2.13. The van der Waals surface area contributed by atoms with Gasteiger partial charge in [0.2, 0.25) is 0 Å². The first-order chi connectivity index (χ1) is 11.0. The Morgan fingerprint density at radius 3 is 2.74 bits per heavy atom. The average Bonchev–Trinajstić information content (AvgIpc) is 3.06. The van der Waals surface area contributed by atoms with Gasteiger partial charge in [0.1, 0.15) is 24.0 Å². The minimum absolute atomic E-state index is 0.0100. The quantitative estimate of drug-likeness (QED) is 0.462. The predicted molar refractivity (Wildman–Crippen MR) is 77.8 cm³/mol. The number of nitrogens with one attached hydrogen (secondary N) is 1. The number of aromatic amines is 1. The number of rotatable bonds is 4. The lowest BCUT2D eigenvalue weighted by atomic mass is 10.1. The molecular weight excluding hydrogens is 308 g/mol. The van der Waals surface area contributed by atoms with Crippen LogP contribution in [0, 0.1) is 0 Å². The van der Waals surface area contributed by atoms with Crippen molar-refractivity contribution in [1.82, 2.24) is 19.1 Å². The third-order valence-electron chi connectivity index (χ3n) is 3.81. The van der Waals surface area contributed by atoms with Gasteiger partial charge in [0.25, 0.3) is 5.56 Å². The number of hydrogen-bond donors (Lipinski definition) is 4. The Morgan fingerprint density at radius 2 is 2.13 bits per heavy atom. The van der Waals surface area contributed by atoms with Crippen LogP contribution in [-0.2, 0) is 11.3 Å². The van der Waals surface area contributed by atoms with E-state index in [0.717, 1.165) is 4.57 Å². The summed E-state index contributed by atoms with van der Waals surface area (Å²) < 4.78 is 7.56. The highest BCUT2D eigenvalue weighted by molar-refractivity contribution is 5.69. The second kappa shape index (κ2) is 5.74. The van der Waals surface area contributed by atoms with E-state index >= 15 is 0 Å². The molecule has 10 heteroatoms. The van der Waals surface area contributed by atoms with E-state index in [1.807, 2.05) is 0 Å². The van der Waals surface area contributed by atoms with E-state index in [9.17, 15) is 19.8 Å². The standard InChI is InChI=1S/C13H16N4O6/c1-2-3-16-11(21)7-10(15-13(16)22)17(5-14-7)12-9(20)8(19)6(4-18)23-12/h2,5-6,8-9,12,18-20H,1,3-4H2,(H,15,22). The van der Waals surface area contributed by atoms with Gasteiger partial charge in [-0.1, -0.05) is 6.08 Å². The van der Waals surface area contributed by atoms with Gasteiger partial charge in [-0.2, -0.15) is 0 Å². The third-order valence-corrected chi connectivity index (χ3v) is 3.81. The summed E-state index contributed by atoms with van der Waals surface area (Å²) in [5, 5.41) is 29.0. The lowest BCUT2D eigenvalue weighted by molar-refractivity contribution is -0.0511. The molecule has 1 fully saturated rings. The van der Waals surface area contributed by atoms with Crippen molar-refractivity contribution >= 4 is 11.2 Å². The summed E-state index contributed by atoms with van der Waals surface area (Å²) >= 11 is 0. The maximum absolute atomic E-state index is 12.3. The van der Waals surface area contributed by atoms with Gasteiger partial charge in [0, 0.05) is 6.54 Å². The monoisotopic (exact) mass is 324 g/mol. The number of allylic oxidation sites excluding steroid dienone is 1. The Morgan fingerprint density at radius 1 is 1.39 bits per heavy atom. The molecule has 0 aromatic carbocycles. The van der Waals surface area contributed by atoms with Gasteiger partial charge >= 0.3 is 5.69 Å². The van der Waals surface area contributed by atoms with Crippen LogP contribution in [0.2, 0.25) is 0 Å². The first kappa shape index (κ1) is 15.6. The molecule has 10 nitrogen and oxygen atoms in total. The molecule has 0 amide bonds. The molecule has 2 aromatic rings. The van der Waals surface area contributed by atoms with Crippen molar-refractivity contribution in [2.75, 3.05) is 6.61 Å². The predicted octanol–water partition coefficient (Wildman–Crippen LogP) is -2.32. The van der Waals surface area contributed by atoms with Gasteiger partial charge in [-0.05, 0) is 0 Å². The van der Waals surface area contributed by atoms with Crippen LogP contribution in [-0.4, -0.2) is 59.3 Å². The van der Waals surface area contributed by atoms with Gasteiger partial charge in [-0.3, -0.25) is 18.9 Å². The summed E-state index contributed by atoms with van der Waals surface area (Å²) in [4.78, 5) is 30.7. The highest BCUT2D eigenvalue weighted by Crippen LogP contribution is 2.30. The van der Waals surface area contributed by atoms with Crippen molar-refractivity contribution in [1.29, 1.82) is 0 Å². The second-order valence-electron chi connectivity index (χ2n) is 5.21. The van der Waals surface area contributed by atoms with Crippen LogP contribution < -0.4 is 11.2 Å². The molecule has 4 atom stereocenters. The molecule has 0 radical (unpaired) electrons. The van der Waals surface area contributed by atoms with Gasteiger partial charge in [-0.15, -0.1) is 6.58 Å². The van der Waals surface area contributed by atoms with Crippen LogP contribution in [0.4, 0.5) is 0 Å². The Kier molecular flexibility index (Phi) is 3.90. The molecule has 2 aromatic heterocycles. The lowest BCUT2D eigenvalue weighted by Crippen LogP contribution is -2.35. The molecule has 1 aliphatic heterocycles. The number of H-pyrrole nitrogens is 1. The number of ether oxygens (including phenoxy) is 1. The molecule has 4 N–H and O–H groups in total. The van der Waals surface area contributed by atoms with Gasteiger partial charge in [-0.25, -0.2) is 9.78 Å². The van der Waals surface area contributed by atoms with E-state index in [1.165, 1.54) is 17.0 Å². The first-order valence-corrected chi connectivity index (χ1v) is 6.92. The van der Waals surface area contributed by atoms with Crippen LogP contribution in [0.25, 0.3) is 11.2 Å². The highest BCUT2D eigenvalue weighted by Gasteiger charge is 2.44. The molecule has 1 saturated heterocycles. The van der Waals surface area contributed by atoms with Crippen molar-refractivity contribution in [3.8, 4) is 0 Å². The summed E-state index contributed by atoms with van der Waals surface area (Å²) in [5.74, 6) is 0. The zero-order valence-electron chi connectivity index (χ0n) is 12.0. The number of imidazole rings is 1. The molecule has 3 heterocycles. The van der Waals surface area contributed by atoms with E-state index in [0.29, 0.717) is 0 Å². The molecule has 0 aliphatic carbocycles. The van der Waals surface area contributed by atoms with Crippen LogP contribution in [0.15, 0.2) is 28.6 Å². The van der Waals surface area contributed by atoms with Crippen molar-refractivity contribution in [3.63, 3.8) is 0 Å². The fraction of sp³-hybridized carbons (Fsp3) is 0.462. The minimum atomic E-state index is -1.34. The molecule has 1 aliphatic rings. The normalized spacial score (nSPS) is 27.6. The minimum Gasteiger partial charge on any atom is -0.394 e. The van der Waals surface area contributed by atoms with E-state index < -0.39 is 42.4 Å². The van der Waals surface area contributed by atoms with Crippen LogP contribution >= 0.6 is 0 Å². The number of nitrogens with zero attached hydrogens (tertiary/aromatic N) is 3. The number of aliphatic hydroxyl groups is 3. The van der Waals surface area contributed by atoms with Gasteiger partial charge in [0.15, 0.2) is 11.7 Å². The second-order valence-corrected chi connectivity index (χ2v) is 5.21. The van der Waals surface area contributed by atoms with E-state index in [1.54, 1.807) is 0 Å². The summed E-state index contributed by atoms with van der Waals surface area (Å²) in [6, 6.07) is 0. The fourth-order valence-corrected chi connectivity index (χ4v) is 2.63. The molecular formula is C13H16N4O6. The molecule has 124 valence electrons. The molecule has 0 spiro atoms. The topological polar surface area (TPSA) is 143 Å². The summed E-state index contributed by atoms with van der Waals surface area (Å²) in [5.41, 5.74) is -1.20. The fourth-order valence-electron chi connectivity index (χ4n) is 2.63. The molecule has 0 saturated carbocycles. The lowest BCUT2D eigenvalue weighted by Gasteiger charge is -2.16. The van der Waals surface area contributed by atoms with Crippen LogP contribution in [0.1, 0.15) is 6.23 Å². The zero-order valence-corrected chi connectivity index (χ0v) is 12.0. The Labute approximate surface area is 128 Å². The van der Waals surface area contributed by atoms with Crippen LogP contribution in [0.3, 0.4) is 0 Å². The number of aromatic nitrogens is 4. The van der Waals surface area contributed by atoms with Crippen LogP contribution in [0.5, 0.6) is 0 Å². The largest absolute Gasteiger partial charge is 0.394 e. The maximum atomic E-state index is 12.3. The molecule has 0 bridgehead atoms. The number of hydrogen-bond acceptors (Lipinski definition) is 7. The van der Waals surface area contributed by atoms with Crippen molar-refractivity contribution in [2.45, 2.75) is 31.1 Å². The third kappa shape index (κ3) is 2.32. The molecule has 3 rings (SSSR count). The summed E-state index contributed by atoms with van der Waals surface area (Å²) in [6.45, 7) is 3.03. The maximum Gasteiger partial charge on any atom is 0.330 e. The molecule has 23 heavy (non-hydrogen) atoms. The number of fused-ring (bicyclic) bond motifs is 1. The average molecular weight is 324 g/mol. The zero-order chi connectivity index (χ0) is 16.7. The van der Waals surface area contributed by atoms with Crippen molar-refractivity contribution < 1.29 is 20.1 Å². The smallest absolute Gasteiger partial charge is 0.330 e. The number of aliphatic hydroxyl groups excluding tert-OH is 3. The SMILES string of the molecule is C=CCn1c(=O)[nH]c2c(ncn2C2OC(CO)C(O)C2O)c1=O. The van der Waals surface area contributed by atoms with Gasteiger partial charge in [0.05, 0.1) is 12.9 Å². The Hall–Kier alpha value is -2.27. The van der Waals surface area contributed by atoms with Gasteiger partial charge < -0.3 is 20.1 Å². The summed E-state index contributed by atoms with van der Waals surface area (Å²) in [6.07, 6.45) is -2.07. The Bertz CT molecular complexity index is 852. The van der Waals surface area contributed by atoms with Crippen molar-refractivity contribution in [2.24, 2.45) is 0 Å². The van der Waals surface area contributed by atoms with Crippen molar-refractivity contribution in [3.05, 3.63) is 39.8 Å².